The van der Waals surface area contributed by atoms with Crippen LogP contribution in [-0.4, -0.2) is 61.6 Å². The Bertz CT molecular complexity index is 1660. The monoisotopic (exact) mass is 669 g/mol. The number of alkyl carbamates (subject to hydrolysis) is 1. The van der Waals surface area contributed by atoms with Crippen molar-refractivity contribution < 1.29 is 28.7 Å². The number of ether oxygens (including phenoxy) is 2. The van der Waals surface area contributed by atoms with Crippen molar-refractivity contribution in [2.45, 2.75) is 58.6 Å². The van der Waals surface area contributed by atoms with Gasteiger partial charge in [-0.2, -0.15) is 15.8 Å². The molecule has 4 N–H and O–H groups in total. The molecule has 0 atom stereocenters. The molecule has 0 saturated heterocycles. The molecule has 3 rings (SSSR count). The summed E-state index contributed by atoms with van der Waals surface area (Å²) < 4.78 is 11.0. The van der Waals surface area contributed by atoms with Gasteiger partial charge in [0.25, 0.3) is 0 Å². The first kappa shape index (κ1) is 37.6. The first-order chi connectivity index (χ1) is 22.6. The van der Waals surface area contributed by atoms with E-state index in [0.717, 1.165) is 29.7 Å². The first-order valence-corrected chi connectivity index (χ1v) is 17.7. The number of likely N-dealkylation sites (N-methyl/N-ethyl adjacent to an activating group) is 1. The second kappa shape index (κ2) is 16.3. The maximum atomic E-state index is 11.8. The van der Waals surface area contributed by atoms with E-state index in [1.54, 1.807) is 13.8 Å². The summed E-state index contributed by atoms with van der Waals surface area (Å²) in [4.78, 5) is 40.8. The van der Waals surface area contributed by atoms with Crippen LogP contribution in [0.4, 0.5) is 10.5 Å². The van der Waals surface area contributed by atoms with Gasteiger partial charge in [0, 0.05) is 30.9 Å². The summed E-state index contributed by atoms with van der Waals surface area (Å²) in [5, 5.41) is 30.9. The number of carbonyl (C=O) groups excluding carboxylic acids is 1. The van der Waals surface area contributed by atoms with Crippen LogP contribution in [0.3, 0.4) is 0 Å². The highest BCUT2D eigenvalue weighted by atomic mass is 28.4. The number of rotatable bonds is 12. The van der Waals surface area contributed by atoms with Crippen molar-refractivity contribution in [2.75, 3.05) is 31.6 Å². The van der Waals surface area contributed by atoms with Crippen LogP contribution in [0.2, 0.25) is 6.04 Å². The third kappa shape index (κ3) is 11.1. The Labute approximate surface area is 283 Å². The SMILES string of the molecule is CN(CCOC(=O)NCCC[Si](O)(O)O)c1ccc(/C=C/C2=CC(=C/C=C/C3=C(C#N)C(=C(C#N)C#N)OC3(C)C)/CC(C)(C)C2)cc1. The highest BCUT2D eigenvalue weighted by Gasteiger charge is 2.38. The van der Waals surface area contributed by atoms with Crippen LogP contribution in [0.1, 0.15) is 52.5 Å². The summed E-state index contributed by atoms with van der Waals surface area (Å²) in [6.45, 7) is 8.88. The van der Waals surface area contributed by atoms with Crippen molar-refractivity contribution in [2.24, 2.45) is 5.41 Å². The summed E-state index contributed by atoms with van der Waals surface area (Å²) in [6, 6.07) is 13.6. The molecule has 1 heterocycles. The van der Waals surface area contributed by atoms with Gasteiger partial charge in [0.1, 0.15) is 36.0 Å². The number of anilines is 1. The molecular weight excluding hydrogens is 627 g/mol. The lowest BCUT2D eigenvalue weighted by Crippen LogP contribution is -2.36. The molecule has 0 spiro atoms. The van der Waals surface area contributed by atoms with E-state index in [9.17, 15) is 20.6 Å². The lowest BCUT2D eigenvalue weighted by Gasteiger charge is -2.30. The van der Waals surface area contributed by atoms with Gasteiger partial charge in [0.15, 0.2) is 11.3 Å². The summed E-state index contributed by atoms with van der Waals surface area (Å²) in [5.41, 5.74) is 4.10. The zero-order chi connectivity index (χ0) is 35.5. The van der Waals surface area contributed by atoms with Crippen molar-refractivity contribution in [3.63, 3.8) is 0 Å². The largest absolute Gasteiger partial charge is 0.492 e. The summed E-state index contributed by atoms with van der Waals surface area (Å²) >= 11 is 0. The number of nitrogens with zero attached hydrogens (tertiary/aromatic N) is 4. The van der Waals surface area contributed by atoms with Crippen LogP contribution in [0.15, 0.2) is 88.3 Å². The van der Waals surface area contributed by atoms with Crippen molar-refractivity contribution in [1.29, 1.82) is 15.8 Å². The van der Waals surface area contributed by atoms with Crippen LogP contribution in [0.5, 0.6) is 0 Å². The average Bonchev–Trinajstić information content (AvgIpc) is 3.26. The summed E-state index contributed by atoms with van der Waals surface area (Å²) in [6.07, 6.45) is 13.5. The molecule has 0 unspecified atom stereocenters. The Kier molecular flexibility index (Phi) is 12.7. The molecule has 0 fully saturated rings. The molecule has 1 aromatic rings. The van der Waals surface area contributed by atoms with Gasteiger partial charge in [-0.25, -0.2) is 4.79 Å². The van der Waals surface area contributed by atoms with Crippen LogP contribution in [0.25, 0.3) is 6.08 Å². The number of nitriles is 3. The number of carbonyl (C=O) groups is 1. The Morgan fingerprint density at radius 2 is 1.75 bits per heavy atom. The highest BCUT2D eigenvalue weighted by Crippen LogP contribution is 2.41. The predicted octanol–water partition coefficient (Wildman–Crippen LogP) is 5.33. The molecule has 12 heteroatoms. The van der Waals surface area contributed by atoms with E-state index in [1.165, 1.54) is 5.57 Å². The van der Waals surface area contributed by atoms with E-state index < -0.39 is 20.5 Å². The zero-order valence-corrected chi connectivity index (χ0v) is 29.1. The molecule has 1 aliphatic heterocycles. The fourth-order valence-corrected chi connectivity index (χ4v) is 6.14. The lowest BCUT2D eigenvalue weighted by atomic mass is 9.75. The van der Waals surface area contributed by atoms with Gasteiger partial charge < -0.3 is 34.1 Å². The van der Waals surface area contributed by atoms with E-state index in [4.69, 9.17) is 23.9 Å². The molecule has 0 saturated carbocycles. The zero-order valence-electron chi connectivity index (χ0n) is 28.1. The highest BCUT2D eigenvalue weighted by molar-refractivity contribution is 6.56. The van der Waals surface area contributed by atoms with Crippen LogP contribution in [-0.2, 0) is 9.47 Å². The molecule has 48 heavy (non-hydrogen) atoms. The average molecular weight is 670 g/mol. The maximum absolute atomic E-state index is 11.8. The molecule has 1 aliphatic carbocycles. The minimum atomic E-state index is -4.09. The van der Waals surface area contributed by atoms with Crippen LogP contribution < -0.4 is 10.2 Å². The van der Waals surface area contributed by atoms with E-state index in [0.29, 0.717) is 12.1 Å². The third-order valence-electron chi connectivity index (χ3n) is 7.82. The fourth-order valence-electron chi connectivity index (χ4n) is 5.49. The minimum absolute atomic E-state index is 0.0262. The van der Waals surface area contributed by atoms with E-state index in [1.807, 2.05) is 66.6 Å². The Balaban J connectivity index is 1.63. The van der Waals surface area contributed by atoms with Crippen LogP contribution >= 0.6 is 0 Å². The lowest BCUT2D eigenvalue weighted by molar-refractivity contribution is 0.0954. The summed E-state index contributed by atoms with van der Waals surface area (Å²) in [7, 11) is -2.19. The first-order valence-electron chi connectivity index (χ1n) is 15.6. The number of allylic oxidation sites excluding steroid dienone is 8. The van der Waals surface area contributed by atoms with Gasteiger partial charge in [-0.15, -0.1) is 0 Å². The van der Waals surface area contributed by atoms with Gasteiger partial charge in [-0.3, -0.25) is 0 Å². The molecule has 0 bridgehead atoms. The molecule has 1 aromatic carbocycles. The topological polar surface area (TPSA) is 183 Å². The molecule has 1 amide bonds. The van der Waals surface area contributed by atoms with Gasteiger partial charge in [0.05, 0.1) is 6.54 Å². The third-order valence-corrected chi connectivity index (χ3v) is 8.84. The van der Waals surface area contributed by atoms with Gasteiger partial charge in [-0.05, 0) is 67.4 Å². The van der Waals surface area contributed by atoms with Crippen molar-refractivity contribution in [3.8, 4) is 18.2 Å². The normalized spacial score (nSPS) is 17.8. The molecule has 252 valence electrons. The van der Waals surface area contributed by atoms with Crippen LogP contribution in [0, 0.1) is 39.4 Å². The second-order valence-corrected chi connectivity index (χ2v) is 15.1. The van der Waals surface area contributed by atoms with Gasteiger partial charge in [-0.1, -0.05) is 62.4 Å². The Morgan fingerprint density at radius 1 is 1.06 bits per heavy atom. The smallest absolute Gasteiger partial charge is 0.480 e. The number of benzene rings is 1. The Hall–Kier alpha value is -4.90. The second-order valence-electron chi connectivity index (χ2n) is 13.1. The van der Waals surface area contributed by atoms with Crippen molar-refractivity contribution in [1.82, 2.24) is 5.32 Å². The van der Waals surface area contributed by atoms with E-state index >= 15 is 0 Å². The number of nitrogens with one attached hydrogen (secondary N) is 1. The van der Waals surface area contributed by atoms with E-state index in [2.05, 4.69) is 43.5 Å². The Morgan fingerprint density at radius 3 is 2.38 bits per heavy atom. The van der Waals surface area contributed by atoms with Gasteiger partial charge >= 0.3 is 14.9 Å². The number of amides is 1. The van der Waals surface area contributed by atoms with E-state index in [-0.39, 0.29) is 47.9 Å². The maximum Gasteiger partial charge on any atom is 0.492 e. The predicted molar refractivity (Wildman–Crippen MR) is 184 cm³/mol. The van der Waals surface area contributed by atoms with Crippen molar-refractivity contribution in [3.05, 3.63) is 93.8 Å². The minimum Gasteiger partial charge on any atom is -0.480 e. The molecule has 2 aliphatic rings. The number of hydrogen-bond donors (Lipinski definition) is 4. The summed E-state index contributed by atoms with van der Waals surface area (Å²) in [5.74, 6) is 0.0262. The quantitative estimate of drug-likeness (QED) is 0.129. The van der Waals surface area contributed by atoms with Gasteiger partial charge in [0.2, 0.25) is 0 Å². The van der Waals surface area contributed by atoms with Crippen molar-refractivity contribution >= 4 is 26.7 Å². The molecule has 0 aromatic heterocycles. The molecule has 0 radical (unpaired) electrons. The number of hydrogen-bond acceptors (Lipinski definition) is 10. The molecular formula is C36H43N5O6Si. The fraction of sp³-hybridized carbons (Fsp3) is 0.389. The molecule has 11 nitrogen and oxygen atoms in total. The standard InChI is InChI=1S/C36H43N5O6Si/c1-35(2)21-27(8-6-9-32-31(25-39)33(29(23-37)24-38)47-36(32,3)4)20-28(22-35)11-10-26-12-14-30(15-13-26)41(5)17-18-46-34(42)40-16-7-19-48(43,44)45/h6,8-15,20,43-45H,7,16-19,21-22H2,1-5H3,(H,40,42)/b9-6+,11-10+,27-8-.